The lowest BCUT2D eigenvalue weighted by Gasteiger charge is -2.14. The van der Waals surface area contributed by atoms with E-state index in [1.165, 1.54) is 18.9 Å². The summed E-state index contributed by atoms with van der Waals surface area (Å²) in [7, 11) is -3.61. The minimum atomic E-state index is -3.61. The average Bonchev–Trinajstić information content (AvgIpc) is 2.98. The highest BCUT2D eigenvalue weighted by molar-refractivity contribution is 7.91. The maximum Gasteiger partial charge on any atom is 0.346 e. The van der Waals surface area contributed by atoms with E-state index in [0.29, 0.717) is 18.7 Å². The van der Waals surface area contributed by atoms with Crippen LogP contribution in [0.1, 0.15) is 28.1 Å². The molecule has 0 unspecified atom stereocenters. The van der Waals surface area contributed by atoms with E-state index in [1.807, 2.05) is 0 Å². The predicted octanol–water partition coefficient (Wildman–Crippen LogP) is 1.13. The summed E-state index contributed by atoms with van der Waals surface area (Å²) in [4.78, 5) is 13.2. The van der Waals surface area contributed by atoms with Crippen LogP contribution in [0.5, 0.6) is 0 Å². The van der Waals surface area contributed by atoms with Crippen molar-refractivity contribution >= 4 is 27.3 Å². The summed E-state index contributed by atoms with van der Waals surface area (Å²) >= 11 is 0.794. The number of hydrogen-bond acceptors (Lipinski definition) is 5. The number of likely N-dealkylation sites (tertiary alicyclic amines) is 1. The van der Waals surface area contributed by atoms with Crippen molar-refractivity contribution in [3.8, 4) is 0 Å². The molecule has 0 bridgehead atoms. The molecule has 0 radical (unpaired) electrons. The number of hydrogen-bond donors (Lipinski definition) is 2. The first-order valence-corrected chi connectivity index (χ1v) is 8.76. The van der Waals surface area contributed by atoms with Crippen LogP contribution in [0.2, 0.25) is 0 Å². The molecule has 0 aliphatic carbocycles. The summed E-state index contributed by atoms with van der Waals surface area (Å²) in [6.07, 6.45) is 2.33. The molecule has 1 saturated heterocycles. The van der Waals surface area contributed by atoms with Crippen LogP contribution in [-0.4, -0.2) is 50.6 Å². The highest BCUT2D eigenvalue weighted by Crippen LogP contribution is 2.25. The molecule has 1 aromatic rings. The Bertz CT molecular complexity index is 589. The lowest BCUT2D eigenvalue weighted by molar-refractivity contribution is 0.0701. The fourth-order valence-corrected chi connectivity index (χ4v) is 4.66. The molecule has 1 aliphatic heterocycles. The van der Waals surface area contributed by atoms with Gasteiger partial charge in [-0.1, -0.05) is 0 Å². The normalized spacial score (nSPS) is 16.6. The Morgan fingerprint density at radius 1 is 1.45 bits per heavy atom. The highest BCUT2D eigenvalue weighted by Gasteiger charge is 2.21. The Morgan fingerprint density at radius 2 is 2.10 bits per heavy atom. The van der Waals surface area contributed by atoms with E-state index in [4.69, 9.17) is 5.11 Å². The molecule has 2 N–H and O–H groups in total. The zero-order chi connectivity index (χ0) is 14.8. The molecule has 8 heteroatoms. The zero-order valence-electron chi connectivity index (χ0n) is 11.3. The van der Waals surface area contributed by atoms with Crippen molar-refractivity contribution in [3.63, 3.8) is 0 Å². The van der Waals surface area contributed by atoms with Crippen LogP contribution in [0.4, 0.5) is 0 Å². The number of sulfonamides is 1. The third-order valence-corrected chi connectivity index (χ3v) is 6.43. The molecule has 2 rings (SSSR count). The quantitative estimate of drug-likeness (QED) is 0.821. The summed E-state index contributed by atoms with van der Waals surface area (Å²) in [5.74, 6) is -1.09. The van der Waals surface area contributed by atoms with Crippen molar-refractivity contribution < 1.29 is 18.3 Å². The molecule has 0 aromatic carbocycles. The van der Waals surface area contributed by atoms with Crippen molar-refractivity contribution in [3.05, 3.63) is 16.5 Å². The molecule has 1 fully saturated rings. The number of rotatable bonds is 6. The van der Waals surface area contributed by atoms with Crippen LogP contribution >= 0.6 is 11.3 Å². The molecule has 0 atom stereocenters. The van der Waals surface area contributed by atoms with Gasteiger partial charge in [-0.2, -0.15) is 0 Å². The van der Waals surface area contributed by atoms with Crippen LogP contribution < -0.4 is 4.72 Å². The first kappa shape index (κ1) is 15.4. The van der Waals surface area contributed by atoms with Gasteiger partial charge in [0.1, 0.15) is 9.09 Å². The summed E-state index contributed by atoms with van der Waals surface area (Å²) in [5, 5.41) is 8.95. The number of aromatic carboxylic acids is 1. The number of aryl methyl sites for hydroxylation is 1. The number of carboxylic acid groups (broad SMARTS) is 1. The monoisotopic (exact) mass is 318 g/mol. The SMILES string of the molecule is Cc1cc(S(=O)(=O)NCCN2CCCC2)sc1C(=O)O. The standard InChI is InChI=1S/C12H18N2O4S2/c1-9-8-10(19-11(9)12(15)16)20(17,18)13-4-7-14-5-2-3-6-14/h8,13H,2-7H2,1H3,(H,15,16). The van der Waals surface area contributed by atoms with Gasteiger partial charge in [0.15, 0.2) is 0 Å². The van der Waals surface area contributed by atoms with Gasteiger partial charge < -0.3 is 10.0 Å². The molecule has 0 spiro atoms. The maximum absolute atomic E-state index is 12.1. The Kier molecular flexibility index (Phi) is 4.79. The fourth-order valence-electron chi connectivity index (χ4n) is 2.21. The van der Waals surface area contributed by atoms with E-state index in [1.54, 1.807) is 6.92 Å². The molecule has 2 heterocycles. The second kappa shape index (κ2) is 6.21. The third kappa shape index (κ3) is 3.57. The number of carbonyl (C=O) groups is 1. The fraction of sp³-hybridized carbons (Fsp3) is 0.583. The van der Waals surface area contributed by atoms with E-state index < -0.39 is 16.0 Å². The maximum atomic E-state index is 12.1. The lowest BCUT2D eigenvalue weighted by Crippen LogP contribution is -2.33. The minimum Gasteiger partial charge on any atom is -0.477 e. The summed E-state index contributed by atoms with van der Waals surface area (Å²) in [5.41, 5.74) is 0.474. The Morgan fingerprint density at radius 3 is 2.65 bits per heavy atom. The smallest absolute Gasteiger partial charge is 0.346 e. The van der Waals surface area contributed by atoms with Crippen molar-refractivity contribution in [2.45, 2.75) is 24.0 Å². The molecule has 20 heavy (non-hydrogen) atoms. The molecule has 1 aromatic heterocycles. The molecule has 0 amide bonds. The van der Waals surface area contributed by atoms with Gasteiger partial charge in [-0.15, -0.1) is 11.3 Å². The van der Waals surface area contributed by atoms with Crippen LogP contribution in [0.25, 0.3) is 0 Å². The van der Waals surface area contributed by atoms with Crippen molar-refractivity contribution in [2.75, 3.05) is 26.2 Å². The highest BCUT2D eigenvalue weighted by atomic mass is 32.2. The van der Waals surface area contributed by atoms with Gasteiger partial charge in [0, 0.05) is 13.1 Å². The Hall–Kier alpha value is -0.960. The average molecular weight is 318 g/mol. The molecule has 6 nitrogen and oxygen atoms in total. The Labute approximate surface area is 122 Å². The van der Waals surface area contributed by atoms with E-state index in [9.17, 15) is 13.2 Å². The molecular weight excluding hydrogens is 300 g/mol. The molecule has 0 saturated carbocycles. The summed E-state index contributed by atoms with van der Waals surface area (Å²) in [6.45, 7) is 4.67. The van der Waals surface area contributed by atoms with Crippen molar-refractivity contribution in [2.24, 2.45) is 0 Å². The van der Waals surface area contributed by atoms with Crippen LogP contribution in [0.3, 0.4) is 0 Å². The minimum absolute atomic E-state index is 0.0637. The first-order valence-electron chi connectivity index (χ1n) is 6.46. The second-order valence-electron chi connectivity index (χ2n) is 4.83. The molecular formula is C12H18N2O4S2. The van der Waals surface area contributed by atoms with Crippen molar-refractivity contribution in [1.29, 1.82) is 0 Å². The number of thiophene rings is 1. The van der Waals surface area contributed by atoms with Gasteiger partial charge in [0.25, 0.3) is 0 Å². The van der Waals surface area contributed by atoms with Gasteiger partial charge in [0.05, 0.1) is 0 Å². The van der Waals surface area contributed by atoms with Crippen LogP contribution in [-0.2, 0) is 10.0 Å². The first-order chi connectivity index (χ1) is 9.40. The summed E-state index contributed by atoms with van der Waals surface area (Å²) in [6, 6.07) is 1.41. The lowest BCUT2D eigenvalue weighted by atomic mass is 10.3. The van der Waals surface area contributed by atoms with Crippen molar-refractivity contribution in [1.82, 2.24) is 9.62 Å². The number of nitrogens with one attached hydrogen (secondary N) is 1. The Balaban J connectivity index is 1.98. The predicted molar refractivity (Wildman–Crippen MR) is 76.9 cm³/mol. The van der Waals surface area contributed by atoms with E-state index in [-0.39, 0.29) is 9.09 Å². The van der Waals surface area contributed by atoms with Gasteiger partial charge in [0.2, 0.25) is 10.0 Å². The number of nitrogens with zero attached hydrogens (tertiary/aromatic N) is 1. The molecule has 1 aliphatic rings. The summed E-state index contributed by atoms with van der Waals surface area (Å²) < 4.78 is 26.8. The van der Waals surface area contributed by atoms with E-state index in [2.05, 4.69) is 9.62 Å². The molecule has 112 valence electrons. The second-order valence-corrected chi connectivity index (χ2v) is 7.88. The van der Waals surface area contributed by atoms with Gasteiger partial charge in [-0.3, -0.25) is 0 Å². The van der Waals surface area contributed by atoms with Crippen LogP contribution in [0.15, 0.2) is 10.3 Å². The number of carboxylic acids is 1. The largest absolute Gasteiger partial charge is 0.477 e. The third-order valence-electron chi connectivity index (χ3n) is 3.27. The van der Waals surface area contributed by atoms with Crippen LogP contribution in [0, 0.1) is 6.92 Å². The van der Waals surface area contributed by atoms with Gasteiger partial charge in [-0.25, -0.2) is 17.9 Å². The van der Waals surface area contributed by atoms with Gasteiger partial charge in [-0.05, 0) is 44.5 Å². The zero-order valence-corrected chi connectivity index (χ0v) is 12.9. The van der Waals surface area contributed by atoms with E-state index in [0.717, 1.165) is 24.4 Å². The topological polar surface area (TPSA) is 86.7 Å². The van der Waals surface area contributed by atoms with Gasteiger partial charge >= 0.3 is 5.97 Å². The van der Waals surface area contributed by atoms with E-state index >= 15 is 0 Å².